The van der Waals surface area contributed by atoms with E-state index in [0.717, 1.165) is 0 Å². The molecular formula is C14H15P2S6+. The fourth-order valence-electron chi connectivity index (χ4n) is 1.70. The Bertz CT molecular complexity index is 625. The van der Waals surface area contributed by atoms with Crippen molar-refractivity contribution in [2.75, 3.05) is 0 Å². The predicted octanol–water partition coefficient (Wildman–Crippen LogP) is 9.15. The topological polar surface area (TPSA) is 0 Å². The van der Waals surface area contributed by atoms with E-state index in [2.05, 4.69) is 96.0 Å². The molecule has 3 rings (SSSR count). The second kappa shape index (κ2) is 8.19. The van der Waals surface area contributed by atoms with Gasteiger partial charge in [0.2, 0.25) is 0 Å². The molecule has 0 N–H and O–H groups in total. The minimum absolute atomic E-state index is 0.0710. The lowest BCUT2D eigenvalue weighted by Crippen LogP contribution is -1.79. The van der Waals surface area contributed by atoms with Crippen molar-refractivity contribution in [2.24, 2.45) is 0 Å². The van der Waals surface area contributed by atoms with Crippen LogP contribution < -0.4 is 0 Å². The van der Waals surface area contributed by atoms with Crippen LogP contribution >= 0.6 is 76.4 Å². The van der Waals surface area contributed by atoms with Crippen LogP contribution in [0.5, 0.6) is 0 Å². The van der Waals surface area contributed by atoms with E-state index in [1.807, 2.05) is 22.8 Å². The van der Waals surface area contributed by atoms with Crippen LogP contribution in [-0.2, 0) is 0 Å². The van der Waals surface area contributed by atoms with Crippen molar-refractivity contribution in [3.05, 3.63) is 59.7 Å². The fraction of sp³-hybridized carbons (Fsp3) is 0.143. The molecule has 1 aliphatic rings. The number of hydrogen-bond donors (Lipinski definition) is 1. The van der Waals surface area contributed by atoms with Gasteiger partial charge in [-0.3, -0.25) is 0 Å². The lowest BCUT2D eigenvalue weighted by atomic mass is 10.2. The van der Waals surface area contributed by atoms with Crippen LogP contribution in [0.25, 0.3) is 0 Å². The van der Waals surface area contributed by atoms with Crippen LogP contribution in [0.4, 0.5) is 0 Å². The fourth-order valence-corrected chi connectivity index (χ4v) is 58.0. The van der Waals surface area contributed by atoms with E-state index >= 15 is 0 Å². The third kappa shape index (κ3) is 4.73. The number of aryl methyl sites for hydroxylation is 2. The van der Waals surface area contributed by atoms with Gasteiger partial charge in [0.05, 0.1) is 16.3 Å². The molecule has 8 heteroatoms. The Balaban J connectivity index is 1.58. The third-order valence-electron chi connectivity index (χ3n) is 2.87. The molecule has 1 aliphatic heterocycles. The first-order valence-electron chi connectivity index (χ1n) is 6.51. The Kier molecular flexibility index (Phi) is 6.77. The lowest BCUT2D eigenvalue weighted by Gasteiger charge is -2.30. The molecule has 0 amide bonds. The van der Waals surface area contributed by atoms with Crippen LogP contribution in [-0.4, -0.2) is 0 Å². The van der Waals surface area contributed by atoms with Crippen LogP contribution in [0.15, 0.2) is 58.3 Å². The normalized spacial score (nSPS) is 24.0. The van der Waals surface area contributed by atoms with Crippen LogP contribution in [0.3, 0.4) is 0 Å². The Morgan fingerprint density at radius 1 is 0.864 bits per heavy atom. The summed E-state index contributed by atoms with van der Waals surface area (Å²) in [6.45, 7) is 4.27. The smallest absolute Gasteiger partial charge is 0.0691 e. The average Bonchev–Trinajstić information content (AvgIpc) is 2.49. The highest BCUT2D eigenvalue weighted by Crippen LogP contribution is 3.18. The Hall–Kier alpha value is 1.40. The van der Waals surface area contributed by atoms with Crippen LogP contribution in [0.2, 0.25) is 0 Å². The SMILES string of the molecule is Cc1ccc(SP2S[P+](SS)(Sc3ccc(C)cc3)S2)cc1. The van der Waals surface area contributed by atoms with E-state index in [9.17, 15) is 0 Å². The van der Waals surface area contributed by atoms with Crippen LogP contribution in [0, 0.1) is 13.8 Å². The zero-order valence-corrected chi connectivity index (χ0v) is 18.8. The molecule has 0 bridgehead atoms. The summed E-state index contributed by atoms with van der Waals surface area (Å²) in [5.41, 5.74) is 2.58. The highest BCUT2D eigenvalue weighted by Gasteiger charge is 2.61. The molecular weight excluding hydrogens is 423 g/mol. The van der Waals surface area contributed by atoms with Crippen molar-refractivity contribution in [1.82, 2.24) is 0 Å². The molecule has 22 heavy (non-hydrogen) atoms. The monoisotopic (exact) mass is 437 g/mol. The summed E-state index contributed by atoms with van der Waals surface area (Å²) in [5.74, 6) is 0. The molecule has 2 aromatic carbocycles. The molecule has 0 nitrogen and oxygen atoms in total. The summed E-state index contributed by atoms with van der Waals surface area (Å²) < 4.78 is -1.15. The van der Waals surface area contributed by atoms with E-state index in [0.29, 0.717) is 0 Å². The zero-order valence-electron chi connectivity index (χ0n) is 12.0. The molecule has 1 heterocycles. The van der Waals surface area contributed by atoms with Crippen molar-refractivity contribution in [1.29, 1.82) is 0 Å². The van der Waals surface area contributed by atoms with E-state index in [-0.39, 0.29) is 5.53 Å². The molecule has 116 valence electrons. The highest BCUT2D eigenvalue weighted by molar-refractivity contribution is 9.70. The van der Waals surface area contributed by atoms with Gasteiger partial charge in [0, 0.05) is 4.90 Å². The first-order valence-corrected chi connectivity index (χ1v) is 19.0. The van der Waals surface area contributed by atoms with E-state index in [1.54, 1.807) is 10.4 Å². The predicted molar refractivity (Wildman–Crippen MR) is 120 cm³/mol. The van der Waals surface area contributed by atoms with Gasteiger partial charge in [0.15, 0.2) is 5.53 Å². The highest BCUT2D eigenvalue weighted by atomic mass is 34.0. The largest absolute Gasteiger partial charge is 0.277 e. The van der Waals surface area contributed by atoms with Crippen molar-refractivity contribution in [3.63, 3.8) is 0 Å². The van der Waals surface area contributed by atoms with E-state index in [1.165, 1.54) is 20.9 Å². The van der Waals surface area contributed by atoms with Gasteiger partial charge in [-0.2, -0.15) is 0 Å². The third-order valence-corrected chi connectivity index (χ3v) is 44.6. The Morgan fingerprint density at radius 3 is 1.86 bits per heavy atom. The van der Waals surface area contributed by atoms with Crippen molar-refractivity contribution < 1.29 is 0 Å². The second-order valence-corrected chi connectivity index (χ2v) is 30.9. The first kappa shape index (κ1) is 18.2. The average molecular weight is 438 g/mol. The summed E-state index contributed by atoms with van der Waals surface area (Å²) in [6.07, 6.45) is 0. The van der Waals surface area contributed by atoms with Gasteiger partial charge in [-0.25, -0.2) is 0 Å². The Labute approximate surface area is 158 Å². The van der Waals surface area contributed by atoms with Gasteiger partial charge in [0.25, 0.3) is 4.07 Å². The summed E-state index contributed by atoms with van der Waals surface area (Å²) in [7, 11) is 1.77. The molecule has 0 atom stereocenters. The zero-order chi connectivity index (χ0) is 15.6. The van der Waals surface area contributed by atoms with Gasteiger partial charge in [0.1, 0.15) is 32.4 Å². The molecule has 0 aliphatic carbocycles. The summed E-state index contributed by atoms with van der Waals surface area (Å²) in [5, 5.41) is 0. The van der Waals surface area contributed by atoms with Gasteiger partial charge in [-0.1, -0.05) is 58.4 Å². The van der Waals surface area contributed by atoms with Crippen molar-refractivity contribution in [2.45, 2.75) is 23.6 Å². The van der Waals surface area contributed by atoms with Gasteiger partial charge in [-0.05, 0) is 38.1 Å². The number of hydrogen-bond acceptors (Lipinski definition) is 6. The number of thiol groups is 1. The molecule has 0 spiro atoms. The summed E-state index contributed by atoms with van der Waals surface area (Å²) >= 11 is 13.0. The second-order valence-electron chi connectivity index (χ2n) is 4.72. The van der Waals surface area contributed by atoms with Crippen molar-refractivity contribution in [3.8, 4) is 0 Å². The maximum Gasteiger partial charge on any atom is 0.277 e. The maximum absolute atomic E-state index is 4.57. The molecule has 0 saturated carbocycles. The number of rotatable bonds is 5. The van der Waals surface area contributed by atoms with E-state index in [4.69, 9.17) is 0 Å². The van der Waals surface area contributed by atoms with Gasteiger partial charge in [-0.15, -0.1) is 0 Å². The van der Waals surface area contributed by atoms with Crippen LogP contribution in [0.1, 0.15) is 11.1 Å². The van der Waals surface area contributed by atoms with E-state index < -0.39 is 4.07 Å². The molecule has 0 aromatic heterocycles. The molecule has 0 radical (unpaired) electrons. The maximum atomic E-state index is 4.57. The molecule has 2 aromatic rings. The summed E-state index contributed by atoms with van der Waals surface area (Å²) in [6, 6.07) is 17.7. The van der Waals surface area contributed by atoms with Gasteiger partial charge >= 0.3 is 0 Å². The molecule has 0 unspecified atom stereocenters. The minimum Gasteiger partial charge on any atom is -0.0691 e. The van der Waals surface area contributed by atoms with Crippen molar-refractivity contribution >= 4 is 76.4 Å². The minimum atomic E-state index is -1.15. The summed E-state index contributed by atoms with van der Waals surface area (Å²) in [4.78, 5) is 2.76. The lowest BCUT2D eigenvalue weighted by molar-refractivity contribution is 1.38. The van der Waals surface area contributed by atoms with Gasteiger partial charge < -0.3 is 0 Å². The standard InChI is InChI=1S/C14H14P2S6/c1-11-3-7-13(8-4-11)18-15-20-16(21-15,22-17)19-14-9-5-12(2)6-10-14/h3-10H,1-2H3/p+1. The molecule has 1 saturated heterocycles. The first-order chi connectivity index (χ1) is 10.6. The Morgan fingerprint density at radius 2 is 1.36 bits per heavy atom. The quantitative estimate of drug-likeness (QED) is 0.280. The number of benzene rings is 2. The molecule has 1 fully saturated rings.